The van der Waals surface area contributed by atoms with E-state index in [9.17, 15) is 14.3 Å². The third kappa shape index (κ3) is 5.98. The summed E-state index contributed by atoms with van der Waals surface area (Å²) in [6.45, 7) is 0.109. The van der Waals surface area contributed by atoms with E-state index in [-0.39, 0.29) is 23.7 Å². The maximum absolute atomic E-state index is 13.0. The number of nitrogens with zero attached hydrogens (tertiary/aromatic N) is 1. The summed E-state index contributed by atoms with van der Waals surface area (Å²) < 4.78 is 18.4. The molecule has 0 aliphatic carbocycles. The van der Waals surface area contributed by atoms with Crippen LogP contribution < -0.4 is 0 Å². The highest BCUT2D eigenvalue weighted by Crippen LogP contribution is 2.35. The highest BCUT2D eigenvalue weighted by molar-refractivity contribution is 7.98. The molecule has 1 aromatic heterocycles. The number of benzene rings is 2. The van der Waals surface area contributed by atoms with E-state index in [1.165, 1.54) is 23.9 Å². The molecule has 1 N–H and O–H groups in total. The molecule has 0 amide bonds. The van der Waals surface area contributed by atoms with Crippen molar-refractivity contribution in [2.24, 2.45) is 0 Å². The minimum absolute atomic E-state index is 0.0836. The quantitative estimate of drug-likeness (QED) is 0.236. The van der Waals surface area contributed by atoms with Crippen molar-refractivity contribution in [2.75, 3.05) is 0 Å². The zero-order valence-corrected chi connectivity index (χ0v) is 17.8. The monoisotopic (exact) mass is 463 g/mol. The topological polar surface area (TPSA) is 59.4 Å². The molecule has 0 bridgehead atoms. The third-order valence-corrected chi connectivity index (χ3v) is 5.98. The molecule has 8 heteroatoms. The van der Waals surface area contributed by atoms with Gasteiger partial charge in [0.1, 0.15) is 24.3 Å². The maximum Gasteiger partial charge on any atom is 0.341 e. The van der Waals surface area contributed by atoms with Gasteiger partial charge < -0.3 is 9.84 Å². The fourth-order valence-electron chi connectivity index (χ4n) is 2.50. The molecule has 0 aliphatic rings. The highest BCUT2D eigenvalue weighted by Gasteiger charge is 2.14. The minimum atomic E-state index is -1.17. The van der Waals surface area contributed by atoms with E-state index in [1.807, 2.05) is 0 Å². The van der Waals surface area contributed by atoms with Crippen molar-refractivity contribution < 1.29 is 19.0 Å². The van der Waals surface area contributed by atoms with E-state index in [2.05, 4.69) is 4.98 Å². The second kappa shape index (κ2) is 10.5. The van der Waals surface area contributed by atoms with Crippen LogP contribution in [0.5, 0.6) is 0 Å². The van der Waals surface area contributed by atoms with E-state index in [1.54, 1.807) is 48.5 Å². The van der Waals surface area contributed by atoms with Gasteiger partial charge in [-0.1, -0.05) is 47.5 Å². The average Bonchev–Trinajstić information content (AvgIpc) is 2.72. The summed E-state index contributed by atoms with van der Waals surface area (Å²) in [4.78, 5) is 16.8. The van der Waals surface area contributed by atoms with Crippen LogP contribution >= 0.6 is 35.0 Å². The van der Waals surface area contributed by atoms with Gasteiger partial charge >= 0.3 is 5.97 Å². The Balaban J connectivity index is 1.72. The summed E-state index contributed by atoms with van der Waals surface area (Å²) in [5, 5.41) is 10.6. The molecule has 0 fully saturated rings. The molecule has 3 aromatic rings. The van der Waals surface area contributed by atoms with Gasteiger partial charge in [0, 0.05) is 10.6 Å². The number of aliphatic carboxylic acids is 1. The van der Waals surface area contributed by atoms with Crippen LogP contribution in [0, 0.1) is 5.82 Å². The van der Waals surface area contributed by atoms with Gasteiger partial charge in [0.2, 0.25) is 0 Å². The van der Waals surface area contributed by atoms with Crippen LogP contribution in [0.25, 0.3) is 5.57 Å². The zero-order chi connectivity index (χ0) is 21.5. The Kier molecular flexibility index (Phi) is 7.74. The van der Waals surface area contributed by atoms with Crippen LogP contribution in [0.2, 0.25) is 10.0 Å². The van der Waals surface area contributed by atoms with Crippen molar-refractivity contribution in [2.45, 2.75) is 17.3 Å². The number of carbonyl (C=O) groups is 1. The lowest BCUT2D eigenvalue weighted by Gasteiger charge is -2.08. The molecule has 154 valence electrons. The second-order valence-corrected chi connectivity index (χ2v) is 7.93. The normalized spacial score (nSPS) is 11.4. The van der Waals surface area contributed by atoms with Crippen molar-refractivity contribution in [3.63, 3.8) is 0 Å². The number of ether oxygens (including phenoxy) is 1. The van der Waals surface area contributed by atoms with E-state index in [0.29, 0.717) is 27.1 Å². The Bertz CT molecular complexity index is 1050. The third-order valence-electron chi connectivity index (χ3n) is 3.96. The summed E-state index contributed by atoms with van der Waals surface area (Å²) in [5.74, 6) is -1.06. The van der Waals surface area contributed by atoms with Gasteiger partial charge in [-0.3, -0.25) is 4.98 Å². The summed E-state index contributed by atoms with van der Waals surface area (Å²) >= 11 is 13.8. The van der Waals surface area contributed by atoms with Crippen LogP contribution in [-0.2, 0) is 21.9 Å². The van der Waals surface area contributed by atoms with Crippen molar-refractivity contribution >= 4 is 46.5 Å². The molecule has 0 unspecified atom stereocenters. The predicted molar refractivity (Wildman–Crippen MR) is 117 cm³/mol. The van der Waals surface area contributed by atoms with Gasteiger partial charge in [-0.25, -0.2) is 9.18 Å². The fraction of sp³-hybridized carbons (Fsp3) is 0.0909. The number of carboxylic acid groups (broad SMARTS) is 1. The summed E-state index contributed by atoms with van der Waals surface area (Å²) in [7, 11) is 0. The number of pyridine rings is 1. The Labute approximate surface area is 187 Å². The van der Waals surface area contributed by atoms with Gasteiger partial charge in [0.15, 0.2) is 0 Å². The number of aromatic nitrogens is 1. The largest absolute Gasteiger partial charge is 0.496 e. The molecule has 0 spiro atoms. The summed E-state index contributed by atoms with van der Waals surface area (Å²) in [5.41, 5.74) is 1.57. The molecule has 30 heavy (non-hydrogen) atoms. The molecule has 2 aromatic carbocycles. The van der Waals surface area contributed by atoms with Gasteiger partial charge in [-0.05, 0) is 42.0 Å². The first-order valence-corrected chi connectivity index (χ1v) is 10.5. The van der Waals surface area contributed by atoms with E-state index < -0.39 is 5.97 Å². The van der Waals surface area contributed by atoms with Crippen molar-refractivity contribution in [1.82, 2.24) is 4.98 Å². The van der Waals surface area contributed by atoms with Crippen LogP contribution in [0.3, 0.4) is 0 Å². The summed E-state index contributed by atoms with van der Waals surface area (Å²) in [6, 6.07) is 16.2. The molecule has 0 aliphatic heterocycles. The molecule has 0 radical (unpaired) electrons. The number of hydrogen-bond donors (Lipinski definition) is 1. The van der Waals surface area contributed by atoms with E-state index in [0.717, 1.165) is 11.2 Å². The lowest BCUT2D eigenvalue weighted by Crippen LogP contribution is -2.04. The van der Waals surface area contributed by atoms with Crippen molar-refractivity contribution in [3.05, 3.63) is 99.7 Å². The predicted octanol–water partition coefficient (Wildman–Crippen LogP) is 6.46. The van der Waals surface area contributed by atoms with Crippen molar-refractivity contribution in [1.29, 1.82) is 0 Å². The number of thioether (sulfide) groups is 1. The molecule has 4 nitrogen and oxygen atoms in total. The van der Waals surface area contributed by atoms with Gasteiger partial charge in [0.25, 0.3) is 0 Å². The number of hydrogen-bond acceptors (Lipinski definition) is 4. The lowest BCUT2D eigenvalue weighted by molar-refractivity contribution is -0.130. The average molecular weight is 464 g/mol. The first-order valence-electron chi connectivity index (χ1n) is 8.76. The standard InChI is InChI=1S/C22H16Cl2FNO3S/c23-18-4-2-5-19(24)21(18)30-13-16-3-1-6-20(26-16)17(22(27)28)12-29-11-14-7-9-15(25)10-8-14/h1-10,12H,11,13H2,(H,27,28). The Morgan fingerprint density at radius 1 is 1.07 bits per heavy atom. The minimum Gasteiger partial charge on any atom is -0.496 e. The van der Waals surface area contributed by atoms with Gasteiger partial charge in [-0.15, -0.1) is 11.8 Å². The molecule has 0 saturated carbocycles. The van der Waals surface area contributed by atoms with Crippen LogP contribution in [-0.4, -0.2) is 16.1 Å². The Morgan fingerprint density at radius 2 is 1.73 bits per heavy atom. The number of rotatable bonds is 8. The molecule has 0 saturated heterocycles. The first-order chi connectivity index (χ1) is 14.4. The van der Waals surface area contributed by atoms with Crippen LogP contribution in [0.15, 0.2) is 71.8 Å². The highest BCUT2D eigenvalue weighted by atomic mass is 35.5. The van der Waals surface area contributed by atoms with Crippen LogP contribution in [0.1, 0.15) is 17.0 Å². The molecular formula is C22H16Cl2FNO3S. The molecule has 3 rings (SSSR count). The number of halogens is 3. The number of carboxylic acids is 1. The fourth-order valence-corrected chi connectivity index (χ4v) is 4.09. The maximum atomic E-state index is 13.0. The van der Waals surface area contributed by atoms with E-state index >= 15 is 0 Å². The zero-order valence-electron chi connectivity index (χ0n) is 15.5. The Morgan fingerprint density at radius 3 is 2.40 bits per heavy atom. The lowest BCUT2D eigenvalue weighted by atomic mass is 10.2. The Hall–Kier alpha value is -2.54. The second-order valence-electron chi connectivity index (χ2n) is 6.13. The first kappa shape index (κ1) is 22.2. The molecule has 0 atom stereocenters. The summed E-state index contributed by atoms with van der Waals surface area (Å²) in [6.07, 6.45) is 1.15. The smallest absolute Gasteiger partial charge is 0.341 e. The van der Waals surface area contributed by atoms with E-state index in [4.69, 9.17) is 27.9 Å². The van der Waals surface area contributed by atoms with Gasteiger partial charge in [0.05, 0.1) is 21.4 Å². The van der Waals surface area contributed by atoms with Gasteiger partial charge in [-0.2, -0.15) is 0 Å². The SMILES string of the molecule is O=C(O)C(=COCc1ccc(F)cc1)c1cccc(CSc2c(Cl)cccc2Cl)n1. The van der Waals surface area contributed by atoms with Crippen LogP contribution in [0.4, 0.5) is 4.39 Å². The van der Waals surface area contributed by atoms with Crippen molar-refractivity contribution in [3.8, 4) is 0 Å². The molecule has 1 heterocycles. The molecular weight excluding hydrogens is 448 g/mol.